The second-order valence-electron chi connectivity index (χ2n) is 18.3. The Morgan fingerprint density at radius 1 is 0.368 bits per heavy atom. The molecular weight excluding hydrogens is 841 g/mol. The van der Waals surface area contributed by atoms with Gasteiger partial charge in [0, 0.05) is 31.7 Å². The Balaban J connectivity index is 0.000000166. The van der Waals surface area contributed by atoms with Gasteiger partial charge in [-0.25, -0.2) is 0 Å². The van der Waals surface area contributed by atoms with Gasteiger partial charge in [-0.3, -0.25) is 0 Å². The maximum Gasteiger partial charge on any atom is 0.134 e. The van der Waals surface area contributed by atoms with Gasteiger partial charge in [-0.15, -0.1) is 0 Å². The van der Waals surface area contributed by atoms with Gasteiger partial charge in [0.05, 0.1) is 0 Å². The summed E-state index contributed by atoms with van der Waals surface area (Å²) >= 11 is 1.91. The van der Waals surface area contributed by atoms with Gasteiger partial charge in [-0.05, 0) is 129 Å². The third-order valence-corrected chi connectivity index (χ3v) is 14.5. The molecule has 0 radical (unpaired) electrons. The second kappa shape index (κ2) is 21.6. The van der Waals surface area contributed by atoms with Crippen LogP contribution >= 0.6 is 11.8 Å². The first-order valence-corrected chi connectivity index (χ1v) is 23.2. The molecule has 2 heteroatoms. The Bertz CT molecular complexity index is 3170. The molecule has 2 aliphatic heterocycles. The van der Waals surface area contributed by atoms with Crippen LogP contribution in [0.25, 0.3) is 43.1 Å². The van der Waals surface area contributed by atoms with Crippen LogP contribution in [0.4, 0.5) is 0 Å². The van der Waals surface area contributed by atoms with E-state index in [0.29, 0.717) is 0 Å². The average molecular weight is 913 g/mol. The molecule has 10 aromatic rings. The van der Waals surface area contributed by atoms with E-state index >= 15 is 0 Å². The molecule has 0 fully saturated rings. The molecule has 0 aliphatic carbocycles. The first-order valence-electron chi connectivity index (χ1n) is 22.4. The van der Waals surface area contributed by atoms with Crippen LogP contribution in [0.15, 0.2) is 204 Å². The molecule has 0 saturated heterocycles. The van der Waals surface area contributed by atoms with Gasteiger partial charge >= 0.3 is 0 Å². The summed E-state index contributed by atoms with van der Waals surface area (Å²) in [6.45, 7) is 17.8. The fourth-order valence-electron chi connectivity index (χ4n) is 9.52. The molecule has 68 heavy (non-hydrogen) atoms. The number of fused-ring (bicyclic) bond motifs is 8. The van der Waals surface area contributed by atoms with Crippen molar-refractivity contribution in [1.29, 1.82) is 0 Å². The zero-order valence-electron chi connectivity index (χ0n) is 38.3. The van der Waals surface area contributed by atoms with Gasteiger partial charge in [0.15, 0.2) is 0 Å². The van der Waals surface area contributed by atoms with E-state index in [1.807, 2.05) is 23.9 Å². The molecule has 0 spiro atoms. The van der Waals surface area contributed by atoms with E-state index in [-0.39, 0.29) is 40.5 Å². The van der Waals surface area contributed by atoms with Gasteiger partial charge < -0.3 is 4.74 Å². The lowest BCUT2D eigenvalue weighted by Gasteiger charge is -2.35. The van der Waals surface area contributed by atoms with Crippen molar-refractivity contribution in [1.82, 2.24) is 0 Å². The van der Waals surface area contributed by atoms with Crippen molar-refractivity contribution in [3.8, 4) is 11.5 Å². The number of para-hydroxylation sites is 2. The molecule has 2 heterocycles. The van der Waals surface area contributed by atoms with E-state index in [9.17, 15) is 0 Å². The van der Waals surface area contributed by atoms with Crippen molar-refractivity contribution in [3.63, 3.8) is 0 Å². The van der Waals surface area contributed by atoms with Crippen molar-refractivity contribution >= 4 is 54.9 Å². The highest BCUT2D eigenvalue weighted by molar-refractivity contribution is 7.99. The number of rotatable bonds is 0. The van der Waals surface area contributed by atoms with Crippen LogP contribution in [0.1, 0.15) is 102 Å². The lowest BCUT2D eigenvalue weighted by Crippen LogP contribution is -2.24. The predicted molar refractivity (Wildman–Crippen MR) is 303 cm³/mol. The molecule has 12 rings (SSSR count). The number of benzene rings is 10. The van der Waals surface area contributed by atoms with Crippen molar-refractivity contribution < 1.29 is 4.74 Å². The van der Waals surface area contributed by atoms with Gasteiger partial charge in [0.1, 0.15) is 11.5 Å². The molecule has 0 bridgehead atoms. The van der Waals surface area contributed by atoms with Crippen molar-refractivity contribution in [2.24, 2.45) is 0 Å². The van der Waals surface area contributed by atoms with Crippen LogP contribution in [0.5, 0.6) is 11.5 Å². The highest BCUT2D eigenvalue weighted by atomic mass is 32.2. The van der Waals surface area contributed by atoms with Crippen LogP contribution < -0.4 is 4.74 Å². The lowest BCUT2D eigenvalue weighted by atomic mass is 9.75. The standard InChI is InChI=1S/C16H16O.C16H16S.2C15H12.4CH4/c2*1-11-7-6-9-13-15(11)17-14-10-5-4-8-12(14)16(13,2)3;1-11-14-8-4-2-6-12(14)10-13-7-3-5-9-15(11)13;1-11-6-7-14-9-12-4-2-3-5-13(12)10-15(14)8-11;;;;/h2*4-10H,1-3H3;2*2-10H,1H3;4*1H4. The fourth-order valence-corrected chi connectivity index (χ4v) is 11.0. The number of hydrogen-bond donors (Lipinski definition) is 0. The third kappa shape index (κ3) is 10.1. The zero-order valence-corrected chi connectivity index (χ0v) is 39.1. The molecule has 348 valence electrons. The summed E-state index contributed by atoms with van der Waals surface area (Å²) in [5.74, 6) is 2.01. The number of hydrogen-bond acceptors (Lipinski definition) is 2. The van der Waals surface area contributed by atoms with Gasteiger partial charge in [-0.2, -0.15) is 0 Å². The SMILES string of the molecule is C.C.C.C.Cc1c2ccccc2cc2ccccc12.Cc1ccc2cc3ccccc3cc2c1.Cc1cccc2c1Oc1ccccc1C2(C)C.Cc1cccc2c1Sc1ccccc1C2(C)C. The second-order valence-corrected chi connectivity index (χ2v) is 19.4. The maximum absolute atomic E-state index is 6.04. The van der Waals surface area contributed by atoms with Crippen LogP contribution in [-0.4, -0.2) is 0 Å². The Kier molecular flexibility index (Phi) is 16.6. The quantitative estimate of drug-likeness (QED) is 0.140. The first kappa shape index (κ1) is 52.4. The van der Waals surface area contributed by atoms with E-state index in [4.69, 9.17) is 4.74 Å². The van der Waals surface area contributed by atoms with Gasteiger partial charge in [0.2, 0.25) is 0 Å². The van der Waals surface area contributed by atoms with Crippen molar-refractivity contribution in [3.05, 3.63) is 239 Å². The summed E-state index contributed by atoms with van der Waals surface area (Å²) in [5.41, 5.74) is 10.8. The van der Waals surface area contributed by atoms with Crippen molar-refractivity contribution in [2.75, 3.05) is 0 Å². The number of ether oxygens (including phenoxy) is 1. The monoisotopic (exact) mass is 913 g/mol. The van der Waals surface area contributed by atoms with E-state index in [0.717, 1.165) is 11.5 Å². The van der Waals surface area contributed by atoms with Gasteiger partial charge in [-0.1, -0.05) is 239 Å². The van der Waals surface area contributed by atoms with E-state index < -0.39 is 0 Å². The van der Waals surface area contributed by atoms with Gasteiger partial charge in [0.25, 0.3) is 0 Å². The lowest BCUT2D eigenvalue weighted by molar-refractivity contribution is 0.415. The molecule has 0 amide bonds. The largest absolute Gasteiger partial charge is 0.456 e. The van der Waals surface area contributed by atoms with E-state index in [2.05, 4.69) is 237 Å². The maximum atomic E-state index is 6.04. The highest BCUT2D eigenvalue weighted by Gasteiger charge is 2.35. The molecule has 0 unspecified atom stereocenters. The summed E-state index contributed by atoms with van der Waals surface area (Å²) in [6, 6.07) is 69.1. The fraction of sp³-hybridized carbons (Fsp3) is 0.212. The Hall–Kier alpha value is -6.61. The molecule has 10 aromatic carbocycles. The molecule has 0 aromatic heterocycles. The molecule has 0 N–H and O–H groups in total. The Morgan fingerprint density at radius 3 is 1.47 bits per heavy atom. The van der Waals surface area contributed by atoms with Crippen molar-refractivity contribution in [2.45, 2.75) is 106 Å². The summed E-state index contributed by atoms with van der Waals surface area (Å²) in [6.07, 6.45) is 0. The molecule has 0 saturated carbocycles. The Labute approximate surface area is 413 Å². The normalized spacial score (nSPS) is 12.8. The molecule has 1 nitrogen and oxygen atoms in total. The smallest absolute Gasteiger partial charge is 0.134 e. The first-order chi connectivity index (χ1) is 30.9. The minimum atomic E-state index is 0. The molecule has 0 atom stereocenters. The van der Waals surface area contributed by atoms with Crippen LogP contribution in [0.3, 0.4) is 0 Å². The topological polar surface area (TPSA) is 9.23 Å². The van der Waals surface area contributed by atoms with E-state index in [1.165, 1.54) is 97.4 Å². The van der Waals surface area contributed by atoms with Crippen LogP contribution in [0.2, 0.25) is 0 Å². The average Bonchev–Trinajstić information content (AvgIpc) is 3.30. The summed E-state index contributed by atoms with van der Waals surface area (Å²) in [5, 5.41) is 10.6. The summed E-state index contributed by atoms with van der Waals surface area (Å²) in [7, 11) is 0. The van der Waals surface area contributed by atoms with Crippen LogP contribution in [-0.2, 0) is 10.8 Å². The molecule has 2 aliphatic rings. The van der Waals surface area contributed by atoms with Crippen LogP contribution in [0, 0.1) is 27.7 Å². The summed E-state index contributed by atoms with van der Waals surface area (Å²) in [4.78, 5) is 2.84. The highest BCUT2D eigenvalue weighted by Crippen LogP contribution is 2.50. The van der Waals surface area contributed by atoms with E-state index in [1.54, 1.807) is 0 Å². The predicted octanol–water partition coefficient (Wildman–Crippen LogP) is 20.4. The third-order valence-electron chi connectivity index (χ3n) is 13.2. The Morgan fingerprint density at radius 2 is 0.824 bits per heavy atom. The minimum Gasteiger partial charge on any atom is -0.456 e. The minimum absolute atomic E-state index is 0. The molecular formula is C66H72OS. The number of aryl methyl sites for hydroxylation is 4. The summed E-state index contributed by atoms with van der Waals surface area (Å²) < 4.78 is 6.04. The zero-order chi connectivity index (χ0) is 44.6.